The number of nitrogens with one attached hydrogen (secondary N) is 1. The van der Waals surface area contributed by atoms with Gasteiger partial charge in [0.15, 0.2) is 0 Å². The first-order valence-electron chi connectivity index (χ1n) is 7.20. The van der Waals surface area contributed by atoms with E-state index in [1.165, 1.54) is 11.1 Å². The second-order valence-electron chi connectivity index (χ2n) is 5.55. The summed E-state index contributed by atoms with van der Waals surface area (Å²) in [6.45, 7) is 0.750. The van der Waals surface area contributed by atoms with Crippen LogP contribution in [0.5, 0.6) is 0 Å². The molecular formula is C18H16N2O. The lowest BCUT2D eigenvalue weighted by atomic mass is 10.0. The summed E-state index contributed by atoms with van der Waals surface area (Å²) in [4.78, 5) is 17.8. The Bertz CT molecular complexity index is 833. The maximum absolute atomic E-state index is 12.5. The predicted octanol–water partition coefficient (Wildman–Crippen LogP) is 3.46. The zero-order chi connectivity index (χ0) is 14.4. The number of nitrogens with zero attached hydrogens (tertiary/aromatic N) is 1. The number of carbonyl (C=O) groups is 1. The Morgan fingerprint density at radius 2 is 1.86 bits per heavy atom. The van der Waals surface area contributed by atoms with Crippen molar-refractivity contribution in [2.45, 2.75) is 6.42 Å². The molecule has 0 atom stereocenters. The number of amides is 1. The molecule has 3 aromatic rings. The highest BCUT2D eigenvalue weighted by Gasteiger charge is 2.24. The molecule has 4 rings (SSSR count). The van der Waals surface area contributed by atoms with Crippen LogP contribution in [-0.4, -0.2) is 29.4 Å². The third-order valence-electron chi connectivity index (χ3n) is 4.26. The van der Waals surface area contributed by atoms with Gasteiger partial charge in [-0.1, -0.05) is 36.4 Å². The Morgan fingerprint density at radius 1 is 1.05 bits per heavy atom. The van der Waals surface area contributed by atoms with Crippen molar-refractivity contribution in [1.29, 1.82) is 0 Å². The molecule has 21 heavy (non-hydrogen) atoms. The molecule has 2 heterocycles. The average Bonchev–Trinajstić information content (AvgIpc) is 2.85. The second-order valence-corrected chi connectivity index (χ2v) is 5.55. The van der Waals surface area contributed by atoms with Crippen LogP contribution in [0.1, 0.15) is 15.9 Å². The van der Waals surface area contributed by atoms with E-state index in [9.17, 15) is 4.79 Å². The highest BCUT2D eigenvalue weighted by atomic mass is 16.2. The molecule has 0 saturated carbocycles. The lowest BCUT2D eigenvalue weighted by molar-refractivity contribution is 0.0801. The molecule has 0 unspecified atom stereocenters. The van der Waals surface area contributed by atoms with Gasteiger partial charge in [-0.25, -0.2) is 0 Å². The molecule has 1 aliphatic rings. The van der Waals surface area contributed by atoms with Crippen LogP contribution in [-0.2, 0) is 6.42 Å². The fraction of sp³-hybridized carbons (Fsp3) is 0.167. The molecule has 1 aliphatic heterocycles. The first-order valence-corrected chi connectivity index (χ1v) is 7.20. The maximum Gasteiger partial charge on any atom is 0.254 e. The van der Waals surface area contributed by atoms with Gasteiger partial charge in [-0.05, 0) is 29.7 Å². The van der Waals surface area contributed by atoms with Crippen LogP contribution in [0.15, 0.2) is 48.5 Å². The largest absolute Gasteiger partial charge is 0.354 e. The van der Waals surface area contributed by atoms with E-state index in [4.69, 9.17) is 0 Å². The van der Waals surface area contributed by atoms with Gasteiger partial charge in [0.25, 0.3) is 5.91 Å². The topological polar surface area (TPSA) is 36.1 Å². The number of carbonyl (C=O) groups excluding carboxylic acids is 1. The molecule has 0 aliphatic carbocycles. The van der Waals surface area contributed by atoms with Gasteiger partial charge < -0.3 is 9.88 Å². The summed E-state index contributed by atoms with van der Waals surface area (Å²) in [5.74, 6) is 0.109. The van der Waals surface area contributed by atoms with Crippen molar-refractivity contribution in [3.05, 3.63) is 59.7 Å². The molecule has 0 saturated heterocycles. The van der Waals surface area contributed by atoms with Gasteiger partial charge in [0.2, 0.25) is 0 Å². The number of aromatic nitrogens is 1. The maximum atomic E-state index is 12.5. The fourth-order valence-electron chi connectivity index (χ4n) is 3.18. The second kappa shape index (κ2) is 4.48. The lowest BCUT2D eigenvalue weighted by Crippen LogP contribution is -2.27. The number of benzene rings is 2. The van der Waals surface area contributed by atoms with Crippen molar-refractivity contribution < 1.29 is 4.79 Å². The van der Waals surface area contributed by atoms with Crippen LogP contribution in [0.2, 0.25) is 0 Å². The van der Waals surface area contributed by atoms with E-state index < -0.39 is 0 Å². The summed E-state index contributed by atoms with van der Waals surface area (Å²) in [6.07, 6.45) is 0.878. The third kappa shape index (κ3) is 1.77. The van der Waals surface area contributed by atoms with E-state index in [2.05, 4.69) is 17.1 Å². The monoisotopic (exact) mass is 276 g/mol. The van der Waals surface area contributed by atoms with Crippen LogP contribution in [0.25, 0.3) is 22.2 Å². The highest BCUT2D eigenvalue weighted by Crippen LogP contribution is 2.34. The Morgan fingerprint density at radius 3 is 2.67 bits per heavy atom. The van der Waals surface area contributed by atoms with Crippen LogP contribution in [0, 0.1) is 0 Å². The van der Waals surface area contributed by atoms with Crippen molar-refractivity contribution in [2.75, 3.05) is 13.6 Å². The van der Waals surface area contributed by atoms with Gasteiger partial charge in [-0.15, -0.1) is 0 Å². The standard InChI is InChI=1S/C18H16N2O/c1-20-11-10-13-16-14(18(20)21)8-5-9-15(16)19-17(13)12-6-3-2-4-7-12/h2-9,19H,10-11H2,1H3. The molecule has 1 aromatic heterocycles. The van der Waals surface area contributed by atoms with E-state index >= 15 is 0 Å². The Hall–Kier alpha value is -2.55. The number of rotatable bonds is 1. The van der Waals surface area contributed by atoms with Crippen molar-refractivity contribution in [3.8, 4) is 11.3 Å². The molecule has 0 spiro atoms. The van der Waals surface area contributed by atoms with E-state index in [0.717, 1.165) is 35.1 Å². The Labute approximate surface area is 123 Å². The summed E-state index contributed by atoms with van der Waals surface area (Å²) in [5.41, 5.74) is 5.42. The highest BCUT2D eigenvalue weighted by molar-refractivity contribution is 6.10. The molecule has 104 valence electrons. The molecule has 3 nitrogen and oxygen atoms in total. The van der Waals surface area contributed by atoms with Gasteiger partial charge in [0.05, 0.1) is 0 Å². The fourth-order valence-corrected chi connectivity index (χ4v) is 3.18. The summed E-state index contributed by atoms with van der Waals surface area (Å²) >= 11 is 0. The van der Waals surface area contributed by atoms with E-state index in [0.29, 0.717) is 0 Å². The first-order chi connectivity index (χ1) is 10.3. The SMILES string of the molecule is CN1CCc2c(-c3ccccc3)[nH]c3cccc(c23)C1=O. The average molecular weight is 276 g/mol. The predicted molar refractivity (Wildman–Crippen MR) is 84.4 cm³/mol. The van der Waals surface area contributed by atoms with Gasteiger partial charge in [0.1, 0.15) is 0 Å². The van der Waals surface area contributed by atoms with Gasteiger partial charge >= 0.3 is 0 Å². The zero-order valence-corrected chi connectivity index (χ0v) is 11.9. The zero-order valence-electron chi connectivity index (χ0n) is 11.9. The van der Waals surface area contributed by atoms with Gasteiger partial charge in [0, 0.05) is 35.8 Å². The van der Waals surface area contributed by atoms with E-state index in [-0.39, 0.29) is 5.91 Å². The smallest absolute Gasteiger partial charge is 0.254 e. The van der Waals surface area contributed by atoms with Crippen molar-refractivity contribution in [3.63, 3.8) is 0 Å². The van der Waals surface area contributed by atoms with Gasteiger partial charge in [-0.3, -0.25) is 4.79 Å². The lowest BCUT2D eigenvalue weighted by Gasteiger charge is -2.14. The van der Waals surface area contributed by atoms with Crippen LogP contribution in [0.4, 0.5) is 0 Å². The molecule has 0 bridgehead atoms. The molecule has 1 N–H and O–H groups in total. The van der Waals surface area contributed by atoms with Crippen molar-refractivity contribution in [2.24, 2.45) is 0 Å². The molecular weight excluding hydrogens is 260 g/mol. The summed E-state index contributed by atoms with van der Waals surface area (Å²) in [6, 6.07) is 16.3. The molecule has 2 aromatic carbocycles. The molecule has 1 amide bonds. The minimum Gasteiger partial charge on any atom is -0.354 e. The normalized spacial score (nSPS) is 14.5. The van der Waals surface area contributed by atoms with Crippen molar-refractivity contribution >= 4 is 16.8 Å². The minimum atomic E-state index is 0.109. The summed E-state index contributed by atoms with van der Waals surface area (Å²) in [5, 5.41) is 1.09. The third-order valence-corrected chi connectivity index (χ3v) is 4.26. The van der Waals surface area contributed by atoms with Gasteiger partial charge in [-0.2, -0.15) is 0 Å². The number of hydrogen-bond acceptors (Lipinski definition) is 1. The number of likely N-dealkylation sites (N-methyl/N-ethyl adjacent to an activating group) is 1. The van der Waals surface area contributed by atoms with Crippen LogP contribution >= 0.6 is 0 Å². The molecule has 0 fully saturated rings. The first kappa shape index (κ1) is 12.2. The molecule has 0 radical (unpaired) electrons. The minimum absolute atomic E-state index is 0.109. The molecule has 3 heteroatoms. The number of hydrogen-bond donors (Lipinski definition) is 1. The van der Waals surface area contributed by atoms with Crippen molar-refractivity contribution in [1.82, 2.24) is 9.88 Å². The number of H-pyrrole nitrogens is 1. The number of aromatic amines is 1. The summed E-state index contributed by atoms with van der Waals surface area (Å²) < 4.78 is 0. The van der Waals surface area contributed by atoms with Crippen LogP contribution in [0.3, 0.4) is 0 Å². The Kier molecular flexibility index (Phi) is 2.61. The van der Waals surface area contributed by atoms with E-state index in [1.807, 2.05) is 48.3 Å². The van der Waals surface area contributed by atoms with E-state index in [1.54, 1.807) is 0 Å². The quantitative estimate of drug-likeness (QED) is 0.726. The Balaban J connectivity index is 2.05. The summed E-state index contributed by atoms with van der Waals surface area (Å²) in [7, 11) is 1.87. The van der Waals surface area contributed by atoms with Crippen LogP contribution < -0.4 is 0 Å².